The normalized spacial score (nSPS) is 8.86. The van der Waals surface area contributed by atoms with Crippen LogP contribution in [0.25, 0.3) is 0 Å². The van der Waals surface area contributed by atoms with E-state index in [9.17, 15) is 0 Å². The van der Waals surface area contributed by atoms with Crippen LogP contribution in [0.3, 0.4) is 0 Å². The van der Waals surface area contributed by atoms with Gasteiger partial charge in [0.1, 0.15) is 0 Å². The Morgan fingerprint density at radius 2 is 1.05 bits per heavy atom. The van der Waals surface area contributed by atoms with Gasteiger partial charge in [-0.3, -0.25) is 0 Å². The van der Waals surface area contributed by atoms with Crippen LogP contribution in [0.2, 0.25) is 0 Å². The van der Waals surface area contributed by atoms with Crippen molar-refractivity contribution in [2.75, 3.05) is 6.61 Å². The monoisotopic (exact) mass is 286 g/mol. The van der Waals surface area contributed by atoms with Gasteiger partial charge in [0, 0.05) is 19.4 Å². The fourth-order valence-electron chi connectivity index (χ4n) is 1.83. The van der Waals surface area contributed by atoms with Crippen molar-refractivity contribution < 1.29 is 5.11 Å². The molecular formula is C20H30O. The smallest absolute Gasteiger partial charge is 0.0702 e. The van der Waals surface area contributed by atoms with Crippen molar-refractivity contribution >= 4 is 0 Å². The van der Waals surface area contributed by atoms with Crippen LogP contribution in [-0.4, -0.2) is 11.7 Å². The first-order valence-corrected chi connectivity index (χ1v) is 8.39. The molecule has 1 N–H and O–H groups in total. The lowest BCUT2D eigenvalue weighted by Crippen LogP contribution is -1.82. The predicted octanol–water partition coefficient (Wildman–Crippen LogP) is 4.69. The van der Waals surface area contributed by atoms with Crippen LogP contribution in [0, 0.1) is 35.5 Å². The Bertz CT molecular complexity index is 389. The third-order valence-electron chi connectivity index (χ3n) is 3.09. The minimum absolute atomic E-state index is 0.308. The van der Waals surface area contributed by atoms with Gasteiger partial charge in [0.05, 0.1) is 12.8 Å². The Morgan fingerprint density at radius 3 is 1.57 bits per heavy atom. The number of aliphatic hydroxyl groups excluding tert-OH is 1. The Hall–Kier alpha value is -1.36. The zero-order valence-electron chi connectivity index (χ0n) is 13.6. The van der Waals surface area contributed by atoms with Crippen LogP contribution in [0.4, 0.5) is 0 Å². The summed E-state index contributed by atoms with van der Waals surface area (Å²) in [6.45, 7) is 2.53. The number of unbranched alkanes of at least 4 members (excludes halogenated alkanes) is 8. The number of aliphatic hydroxyl groups is 1. The highest BCUT2D eigenvalue weighted by Crippen LogP contribution is 2.01. The third-order valence-corrected chi connectivity index (χ3v) is 3.09. The summed E-state index contributed by atoms with van der Waals surface area (Å²) < 4.78 is 0. The topological polar surface area (TPSA) is 20.2 Å². The van der Waals surface area contributed by atoms with E-state index in [0.29, 0.717) is 19.4 Å². The van der Waals surface area contributed by atoms with E-state index in [1.54, 1.807) is 0 Å². The Balaban J connectivity index is 3.39. The summed E-state index contributed by atoms with van der Waals surface area (Å²) in [5.74, 6) is 18.6. The first-order chi connectivity index (χ1) is 10.4. The van der Waals surface area contributed by atoms with Gasteiger partial charge >= 0.3 is 0 Å². The third kappa shape index (κ3) is 18.6. The predicted molar refractivity (Wildman–Crippen MR) is 91.5 cm³/mol. The highest BCUT2D eigenvalue weighted by atomic mass is 16.2. The minimum atomic E-state index is 0.308. The Labute approximate surface area is 131 Å². The highest BCUT2D eigenvalue weighted by Gasteiger charge is 1.86. The molecule has 0 fully saturated rings. The summed E-state index contributed by atoms with van der Waals surface area (Å²) in [6, 6.07) is 0. The van der Waals surface area contributed by atoms with Crippen LogP contribution in [0.1, 0.15) is 84.0 Å². The zero-order valence-corrected chi connectivity index (χ0v) is 13.6. The fraction of sp³-hybridized carbons (Fsp3) is 0.700. The molecule has 0 aromatic carbocycles. The molecule has 0 aliphatic rings. The van der Waals surface area contributed by atoms with Crippen molar-refractivity contribution in [2.45, 2.75) is 84.0 Å². The van der Waals surface area contributed by atoms with E-state index >= 15 is 0 Å². The molecule has 0 amide bonds. The average Bonchev–Trinajstić information content (AvgIpc) is 2.50. The lowest BCUT2D eigenvalue weighted by molar-refractivity contribution is 0.282. The summed E-state index contributed by atoms with van der Waals surface area (Å²) in [4.78, 5) is 0. The van der Waals surface area contributed by atoms with E-state index in [1.165, 1.54) is 25.7 Å². The second-order valence-electron chi connectivity index (χ2n) is 5.11. The highest BCUT2D eigenvalue weighted by molar-refractivity contribution is 5.16. The molecule has 21 heavy (non-hydrogen) atoms. The SMILES string of the molecule is CCCCCCC#CCC#CCC#CCCCCCCO. The molecule has 0 saturated heterocycles. The van der Waals surface area contributed by atoms with Gasteiger partial charge in [-0.1, -0.05) is 62.7 Å². The van der Waals surface area contributed by atoms with E-state index < -0.39 is 0 Å². The second-order valence-corrected chi connectivity index (χ2v) is 5.11. The largest absolute Gasteiger partial charge is 0.396 e. The summed E-state index contributed by atoms with van der Waals surface area (Å²) in [5, 5.41) is 8.64. The van der Waals surface area contributed by atoms with Crippen molar-refractivity contribution in [1.29, 1.82) is 0 Å². The summed E-state index contributed by atoms with van der Waals surface area (Å²) in [5.41, 5.74) is 0. The van der Waals surface area contributed by atoms with Crippen molar-refractivity contribution in [3.63, 3.8) is 0 Å². The van der Waals surface area contributed by atoms with E-state index in [2.05, 4.69) is 42.4 Å². The van der Waals surface area contributed by atoms with Crippen molar-refractivity contribution in [3.8, 4) is 35.5 Å². The molecule has 0 rings (SSSR count). The molecule has 1 nitrogen and oxygen atoms in total. The standard InChI is InChI=1S/C20H30O/c1-2-3-4-5-6-7-8-9-10-11-12-13-14-15-16-17-18-19-20-21/h21H,2-6,9,12,15-20H2,1H3. The van der Waals surface area contributed by atoms with Gasteiger partial charge in [-0.2, -0.15) is 0 Å². The van der Waals surface area contributed by atoms with Crippen molar-refractivity contribution in [3.05, 3.63) is 0 Å². The summed E-state index contributed by atoms with van der Waals surface area (Å²) >= 11 is 0. The second kappa shape index (κ2) is 18.6. The van der Waals surface area contributed by atoms with Gasteiger partial charge in [0.25, 0.3) is 0 Å². The number of rotatable bonds is 9. The molecule has 116 valence electrons. The lowest BCUT2D eigenvalue weighted by Gasteiger charge is -1.93. The average molecular weight is 286 g/mol. The summed E-state index contributed by atoms with van der Waals surface area (Å²) in [7, 11) is 0. The summed E-state index contributed by atoms with van der Waals surface area (Å²) in [6.07, 6.45) is 12.7. The molecular weight excluding hydrogens is 256 g/mol. The maximum absolute atomic E-state index is 8.64. The minimum Gasteiger partial charge on any atom is -0.396 e. The number of hydrogen-bond donors (Lipinski definition) is 1. The van der Waals surface area contributed by atoms with Crippen LogP contribution in [0.5, 0.6) is 0 Å². The van der Waals surface area contributed by atoms with Crippen molar-refractivity contribution in [2.24, 2.45) is 0 Å². The quantitative estimate of drug-likeness (QED) is 0.481. The molecule has 0 aliphatic carbocycles. The molecule has 0 radical (unpaired) electrons. The first-order valence-electron chi connectivity index (χ1n) is 8.39. The maximum atomic E-state index is 8.64. The van der Waals surface area contributed by atoms with Gasteiger partial charge in [-0.05, 0) is 19.3 Å². The zero-order chi connectivity index (χ0) is 15.4. The van der Waals surface area contributed by atoms with Crippen LogP contribution in [-0.2, 0) is 0 Å². The van der Waals surface area contributed by atoms with Gasteiger partial charge in [-0.15, -0.1) is 11.8 Å². The van der Waals surface area contributed by atoms with E-state index in [4.69, 9.17) is 5.11 Å². The number of hydrogen-bond acceptors (Lipinski definition) is 1. The molecule has 0 atom stereocenters. The van der Waals surface area contributed by atoms with Gasteiger partial charge in [-0.25, -0.2) is 0 Å². The fourth-order valence-corrected chi connectivity index (χ4v) is 1.83. The molecule has 0 heterocycles. The molecule has 0 bridgehead atoms. The van der Waals surface area contributed by atoms with Crippen LogP contribution in [0.15, 0.2) is 0 Å². The van der Waals surface area contributed by atoms with Crippen molar-refractivity contribution in [1.82, 2.24) is 0 Å². The maximum Gasteiger partial charge on any atom is 0.0702 e. The molecule has 0 saturated carbocycles. The van der Waals surface area contributed by atoms with Crippen LogP contribution >= 0.6 is 0 Å². The first kappa shape index (κ1) is 19.6. The molecule has 0 aromatic heterocycles. The Morgan fingerprint density at radius 1 is 0.571 bits per heavy atom. The van der Waals surface area contributed by atoms with Gasteiger partial charge < -0.3 is 5.11 Å². The van der Waals surface area contributed by atoms with Gasteiger partial charge in [0.2, 0.25) is 0 Å². The lowest BCUT2D eigenvalue weighted by atomic mass is 10.1. The molecule has 0 unspecified atom stereocenters. The van der Waals surface area contributed by atoms with E-state index in [-0.39, 0.29) is 0 Å². The molecule has 0 aliphatic heterocycles. The van der Waals surface area contributed by atoms with E-state index in [0.717, 1.165) is 38.5 Å². The molecule has 1 heteroatoms. The molecule has 0 aromatic rings. The van der Waals surface area contributed by atoms with Crippen LogP contribution < -0.4 is 0 Å². The Kier molecular flexibility index (Phi) is 17.4. The van der Waals surface area contributed by atoms with E-state index in [1.807, 2.05) is 0 Å². The van der Waals surface area contributed by atoms with Gasteiger partial charge in [0.15, 0.2) is 0 Å². The molecule has 0 spiro atoms.